The van der Waals surface area contributed by atoms with Gasteiger partial charge in [-0.25, -0.2) is 13.9 Å². The van der Waals surface area contributed by atoms with Crippen LogP contribution in [0.5, 0.6) is 0 Å². The number of nitrogens with zero attached hydrogens (tertiary/aromatic N) is 2. The van der Waals surface area contributed by atoms with Crippen molar-refractivity contribution in [2.24, 2.45) is 5.92 Å². The van der Waals surface area contributed by atoms with Crippen molar-refractivity contribution >= 4 is 11.9 Å². The van der Waals surface area contributed by atoms with Crippen LogP contribution in [-0.4, -0.2) is 32.8 Å². The molecule has 1 atom stereocenters. The summed E-state index contributed by atoms with van der Waals surface area (Å²) in [7, 11) is 0. The summed E-state index contributed by atoms with van der Waals surface area (Å²) in [5, 5.41) is 16.4. The lowest BCUT2D eigenvalue weighted by atomic mass is 10.1. The number of rotatable bonds is 6. The molecule has 0 bridgehead atoms. The van der Waals surface area contributed by atoms with Gasteiger partial charge in [-0.15, -0.1) is 0 Å². The average molecular weight is 357 g/mol. The molecule has 4 rings (SSSR count). The molecule has 1 aromatic heterocycles. The normalized spacial score (nSPS) is 17.0. The first-order valence-electron chi connectivity index (χ1n) is 8.93. The highest BCUT2D eigenvalue weighted by Crippen LogP contribution is 2.34. The van der Waals surface area contributed by atoms with E-state index in [2.05, 4.69) is 10.4 Å². The van der Waals surface area contributed by atoms with Crippen molar-refractivity contribution < 1.29 is 19.1 Å². The van der Waals surface area contributed by atoms with Gasteiger partial charge in [0.05, 0.1) is 5.69 Å². The largest absolute Gasteiger partial charge is 0.480 e. The molecule has 26 heavy (non-hydrogen) atoms. The number of hydrogen-bond donors (Lipinski definition) is 2. The van der Waals surface area contributed by atoms with E-state index in [1.54, 1.807) is 16.8 Å². The molecule has 0 aliphatic heterocycles. The Morgan fingerprint density at radius 2 is 2.15 bits per heavy atom. The molecule has 1 heterocycles. The number of carbonyl (C=O) groups excluding carboxylic acids is 1. The first-order chi connectivity index (χ1) is 12.5. The van der Waals surface area contributed by atoms with Gasteiger partial charge in [0.25, 0.3) is 5.91 Å². The number of benzene rings is 1. The Kier molecular flexibility index (Phi) is 4.22. The number of halogens is 1. The predicted molar refractivity (Wildman–Crippen MR) is 91.8 cm³/mol. The second-order valence-corrected chi connectivity index (χ2v) is 7.06. The number of fused-ring (bicyclic) bond motifs is 1. The summed E-state index contributed by atoms with van der Waals surface area (Å²) in [5.74, 6) is -1.48. The number of hydrogen-bond acceptors (Lipinski definition) is 3. The molecule has 2 aromatic rings. The van der Waals surface area contributed by atoms with E-state index in [1.807, 2.05) is 0 Å². The number of aliphatic carboxylic acids is 1. The molecule has 0 spiro atoms. The molecule has 1 fully saturated rings. The van der Waals surface area contributed by atoms with E-state index >= 15 is 0 Å². The minimum Gasteiger partial charge on any atom is -0.480 e. The van der Waals surface area contributed by atoms with Crippen molar-refractivity contribution in [2.75, 3.05) is 0 Å². The van der Waals surface area contributed by atoms with Crippen LogP contribution in [-0.2, 0) is 17.6 Å². The van der Waals surface area contributed by atoms with Crippen LogP contribution in [0.15, 0.2) is 24.3 Å². The molecule has 136 valence electrons. The summed E-state index contributed by atoms with van der Waals surface area (Å²) in [4.78, 5) is 24.2. The van der Waals surface area contributed by atoms with Crippen molar-refractivity contribution in [1.29, 1.82) is 0 Å². The molecule has 2 N–H and O–H groups in total. The van der Waals surface area contributed by atoms with Crippen molar-refractivity contribution in [3.05, 3.63) is 47.0 Å². The summed E-state index contributed by atoms with van der Waals surface area (Å²) in [6.07, 6.45) is 4.86. The van der Waals surface area contributed by atoms with Crippen LogP contribution < -0.4 is 5.32 Å². The van der Waals surface area contributed by atoms with Crippen molar-refractivity contribution in [3.8, 4) is 5.69 Å². The van der Waals surface area contributed by atoms with Crippen LogP contribution >= 0.6 is 0 Å². The highest BCUT2D eigenvalue weighted by atomic mass is 19.1. The van der Waals surface area contributed by atoms with Crippen LogP contribution in [0.25, 0.3) is 5.69 Å². The summed E-state index contributed by atoms with van der Waals surface area (Å²) in [5.41, 5.74) is 2.55. The van der Waals surface area contributed by atoms with Crippen molar-refractivity contribution in [2.45, 2.75) is 44.6 Å². The molecule has 6 nitrogen and oxygen atoms in total. The van der Waals surface area contributed by atoms with E-state index < -0.39 is 17.9 Å². The zero-order chi connectivity index (χ0) is 18.3. The third-order valence-corrected chi connectivity index (χ3v) is 5.07. The minimum atomic E-state index is -1.02. The van der Waals surface area contributed by atoms with E-state index in [-0.39, 0.29) is 11.5 Å². The maximum absolute atomic E-state index is 13.6. The Labute approximate surface area is 150 Å². The Bertz CT molecular complexity index is 873. The maximum Gasteiger partial charge on any atom is 0.326 e. The molecule has 1 aromatic carbocycles. The van der Waals surface area contributed by atoms with Gasteiger partial charge in [0.1, 0.15) is 11.9 Å². The SMILES string of the molecule is O=C(NC(CC1CC1)C(=O)O)c1nn(-c2cccc(F)c2)c2c1CCC2. The van der Waals surface area contributed by atoms with Gasteiger partial charge in [-0.3, -0.25) is 4.79 Å². The molecule has 7 heteroatoms. The lowest BCUT2D eigenvalue weighted by Gasteiger charge is -2.13. The van der Waals surface area contributed by atoms with Crippen LogP contribution in [0.4, 0.5) is 4.39 Å². The van der Waals surface area contributed by atoms with Crippen LogP contribution in [0.2, 0.25) is 0 Å². The summed E-state index contributed by atoms with van der Waals surface area (Å²) < 4.78 is 15.2. The lowest BCUT2D eigenvalue weighted by Crippen LogP contribution is -2.41. The maximum atomic E-state index is 13.6. The highest BCUT2D eigenvalue weighted by Gasteiger charge is 2.33. The zero-order valence-electron chi connectivity index (χ0n) is 14.2. The molecule has 2 aliphatic carbocycles. The van der Waals surface area contributed by atoms with Crippen LogP contribution in [0.3, 0.4) is 0 Å². The van der Waals surface area contributed by atoms with E-state index in [9.17, 15) is 19.1 Å². The Morgan fingerprint density at radius 1 is 1.35 bits per heavy atom. The number of carboxylic acid groups (broad SMARTS) is 1. The van der Waals surface area contributed by atoms with Crippen LogP contribution in [0.1, 0.15) is 47.4 Å². The van der Waals surface area contributed by atoms with Gasteiger partial charge in [0.2, 0.25) is 0 Å². The number of nitrogens with one attached hydrogen (secondary N) is 1. The van der Waals surface area contributed by atoms with Gasteiger partial charge in [0.15, 0.2) is 5.69 Å². The van der Waals surface area contributed by atoms with Crippen molar-refractivity contribution in [1.82, 2.24) is 15.1 Å². The fourth-order valence-electron chi connectivity index (χ4n) is 3.58. The Morgan fingerprint density at radius 3 is 2.85 bits per heavy atom. The number of carbonyl (C=O) groups is 2. The molecule has 2 aliphatic rings. The summed E-state index contributed by atoms with van der Waals surface area (Å²) >= 11 is 0. The number of carboxylic acids is 1. The predicted octanol–water partition coefficient (Wildman–Crippen LogP) is 2.48. The van der Waals surface area contributed by atoms with Crippen molar-refractivity contribution in [3.63, 3.8) is 0 Å². The second kappa shape index (κ2) is 6.55. The van der Waals surface area contributed by atoms with E-state index in [0.717, 1.165) is 36.9 Å². The van der Waals surface area contributed by atoms with Gasteiger partial charge in [-0.2, -0.15) is 5.10 Å². The third kappa shape index (κ3) is 3.21. The smallest absolute Gasteiger partial charge is 0.326 e. The summed E-state index contributed by atoms with van der Waals surface area (Å²) in [6, 6.07) is 5.18. The van der Waals surface area contributed by atoms with Gasteiger partial charge in [0, 0.05) is 11.3 Å². The number of amides is 1. The molecule has 0 radical (unpaired) electrons. The quantitative estimate of drug-likeness (QED) is 0.832. The standard InChI is InChI=1S/C19H20FN3O3/c20-12-3-1-4-13(10-12)23-16-6-2-5-14(16)17(22-23)18(24)21-15(19(25)26)9-11-7-8-11/h1,3-4,10-11,15H,2,5-9H2,(H,21,24)(H,25,26). The van der Waals surface area contributed by atoms with E-state index in [1.165, 1.54) is 12.1 Å². The van der Waals surface area contributed by atoms with Gasteiger partial charge in [-0.05, 0) is 49.8 Å². The lowest BCUT2D eigenvalue weighted by molar-refractivity contribution is -0.139. The topological polar surface area (TPSA) is 84.2 Å². The fourth-order valence-corrected chi connectivity index (χ4v) is 3.58. The van der Waals surface area contributed by atoms with E-state index in [0.29, 0.717) is 24.4 Å². The van der Waals surface area contributed by atoms with Gasteiger partial charge >= 0.3 is 5.97 Å². The molecule has 1 amide bonds. The molecule has 1 unspecified atom stereocenters. The highest BCUT2D eigenvalue weighted by molar-refractivity contribution is 5.96. The monoisotopic (exact) mass is 357 g/mol. The third-order valence-electron chi connectivity index (χ3n) is 5.07. The fraction of sp³-hybridized carbons (Fsp3) is 0.421. The Hall–Kier alpha value is -2.70. The average Bonchev–Trinajstić information content (AvgIpc) is 3.16. The molecular weight excluding hydrogens is 337 g/mol. The summed E-state index contributed by atoms with van der Waals surface area (Å²) in [6.45, 7) is 0. The molecule has 0 saturated heterocycles. The van der Waals surface area contributed by atoms with Crippen LogP contribution in [0, 0.1) is 11.7 Å². The first kappa shape index (κ1) is 16.8. The zero-order valence-corrected chi connectivity index (χ0v) is 14.2. The Balaban J connectivity index is 1.63. The van der Waals surface area contributed by atoms with Gasteiger partial charge in [-0.1, -0.05) is 18.9 Å². The molecular formula is C19H20FN3O3. The molecule has 1 saturated carbocycles. The first-order valence-corrected chi connectivity index (χ1v) is 8.93. The minimum absolute atomic E-state index is 0.254. The second-order valence-electron chi connectivity index (χ2n) is 7.06. The van der Waals surface area contributed by atoms with E-state index in [4.69, 9.17) is 0 Å². The number of aromatic nitrogens is 2. The van der Waals surface area contributed by atoms with Gasteiger partial charge < -0.3 is 10.4 Å².